The maximum absolute atomic E-state index is 13.4. The number of rotatable bonds is 3. The molecule has 0 aromatic heterocycles. The molecule has 1 aromatic rings. The minimum absolute atomic E-state index is 0.296. The Morgan fingerprint density at radius 2 is 2.06 bits per heavy atom. The third-order valence-corrected chi connectivity index (χ3v) is 3.20. The Kier molecular flexibility index (Phi) is 3.92. The third kappa shape index (κ3) is 2.53. The second kappa shape index (κ2) is 4.83. The van der Waals surface area contributed by atoms with Gasteiger partial charge in [0.25, 0.3) is 0 Å². The Morgan fingerprint density at radius 1 is 1.50 bits per heavy atom. The molecule has 1 N–H and O–H groups in total. The minimum atomic E-state index is -0.890. The number of aliphatic carboxylic acids is 1. The summed E-state index contributed by atoms with van der Waals surface area (Å²) < 4.78 is 13.4. The van der Waals surface area contributed by atoms with E-state index in [0.29, 0.717) is 22.6 Å². The molecule has 0 aliphatic heterocycles. The van der Waals surface area contributed by atoms with E-state index in [1.54, 1.807) is 20.8 Å². The van der Waals surface area contributed by atoms with E-state index >= 15 is 0 Å². The lowest BCUT2D eigenvalue weighted by atomic mass is 9.93. The Balaban J connectivity index is 3.17. The zero-order chi connectivity index (χ0) is 12.5. The van der Waals surface area contributed by atoms with Gasteiger partial charge in [0.15, 0.2) is 0 Å². The standard InChI is InChI=1S/C12H14ClFO2/c1-6(12(15)16)4-9-7(2)10(13)5-11(14)8(9)3/h5-6H,4H2,1-3H3,(H,15,16). The van der Waals surface area contributed by atoms with Crippen molar-refractivity contribution in [3.63, 3.8) is 0 Å². The van der Waals surface area contributed by atoms with E-state index < -0.39 is 11.9 Å². The summed E-state index contributed by atoms with van der Waals surface area (Å²) in [5.41, 5.74) is 1.93. The quantitative estimate of drug-likeness (QED) is 0.885. The van der Waals surface area contributed by atoms with Gasteiger partial charge >= 0.3 is 5.97 Å². The van der Waals surface area contributed by atoms with Gasteiger partial charge in [-0.3, -0.25) is 4.79 Å². The van der Waals surface area contributed by atoms with Crippen LogP contribution >= 0.6 is 11.6 Å². The van der Waals surface area contributed by atoms with Crippen molar-refractivity contribution in [2.45, 2.75) is 27.2 Å². The van der Waals surface area contributed by atoms with Crippen molar-refractivity contribution in [2.75, 3.05) is 0 Å². The molecular formula is C12H14ClFO2. The van der Waals surface area contributed by atoms with Crippen LogP contribution in [0.4, 0.5) is 4.39 Å². The number of benzene rings is 1. The summed E-state index contributed by atoms with van der Waals surface area (Å²) >= 11 is 5.87. The SMILES string of the molecule is Cc1c(F)cc(Cl)c(C)c1CC(C)C(=O)O. The van der Waals surface area contributed by atoms with E-state index in [0.717, 1.165) is 5.56 Å². The summed E-state index contributed by atoms with van der Waals surface area (Å²) in [5, 5.41) is 9.18. The molecular weight excluding hydrogens is 231 g/mol. The molecule has 1 atom stereocenters. The first kappa shape index (κ1) is 13.0. The van der Waals surface area contributed by atoms with Crippen LogP contribution in [0.25, 0.3) is 0 Å². The Labute approximate surface area is 99.0 Å². The van der Waals surface area contributed by atoms with Gasteiger partial charge in [0.05, 0.1) is 5.92 Å². The van der Waals surface area contributed by atoms with Gasteiger partial charge in [0.1, 0.15) is 5.82 Å². The molecule has 0 fully saturated rings. The van der Waals surface area contributed by atoms with Gasteiger partial charge in [-0.2, -0.15) is 0 Å². The highest BCUT2D eigenvalue weighted by atomic mass is 35.5. The fourth-order valence-corrected chi connectivity index (χ4v) is 1.81. The molecule has 0 saturated carbocycles. The van der Waals surface area contributed by atoms with Crippen LogP contribution < -0.4 is 0 Å². The van der Waals surface area contributed by atoms with Crippen LogP contribution in [-0.4, -0.2) is 11.1 Å². The highest BCUT2D eigenvalue weighted by molar-refractivity contribution is 6.31. The first-order valence-electron chi connectivity index (χ1n) is 5.01. The van der Waals surface area contributed by atoms with E-state index in [9.17, 15) is 9.18 Å². The van der Waals surface area contributed by atoms with Crippen molar-refractivity contribution < 1.29 is 14.3 Å². The fraction of sp³-hybridized carbons (Fsp3) is 0.417. The lowest BCUT2D eigenvalue weighted by Crippen LogP contribution is -2.14. The van der Waals surface area contributed by atoms with Crippen molar-refractivity contribution in [1.29, 1.82) is 0 Å². The van der Waals surface area contributed by atoms with Crippen LogP contribution in [0.15, 0.2) is 6.07 Å². The molecule has 0 aliphatic rings. The molecule has 0 radical (unpaired) electrons. The zero-order valence-corrected chi connectivity index (χ0v) is 10.2. The summed E-state index contributed by atoms with van der Waals surface area (Å²) in [4.78, 5) is 10.8. The lowest BCUT2D eigenvalue weighted by Gasteiger charge is -2.14. The molecule has 1 aromatic carbocycles. The number of halogens is 2. The van der Waals surface area contributed by atoms with E-state index in [1.807, 2.05) is 0 Å². The molecule has 0 amide bonds. The van der Waals surface area contributed by atoms with Crippen LogP contribution in [0, 0.1) is 25.6 Å². The third-order valence-electron chi connectivity index (χ3n) is 2.81. The molecule has 16 heavy (non-hydrogen) atoms. The summed E-state index contributed by atoms with van der Waals surface area (Å²) in [5.74, 6) is -1.82. The summed E-state index contributed by atoms with van der Waals surface area (Å²) in [6.45, 7) is 5.02. The van der Waals surface area contributed by atoms with Crippen molar-refractivity contribution in [3.8, 4) is 0 Å². The van der Waals surface area contributed by atoms with Crippen LogP contribution in [0.3, 0.4) is 0 Å². The van der Waals surface area contributed by atoms with Gasteiger partial charge < -0.3 is 5.11 Å². The monoisotopic (exact) mass is 244 g/mol. The second-order valence-electron chi connectivity index (χ2n) is 4.01. The molecule has 0 bridgehead atoms. The smallest absolute Gasteiger partial charge is 0.306 e. The van der Waals surface area contributed by atoms with Crippen molar-refractivity contribution >= 4 is 17.6 Å². The minimum Gasteiger partial charge on any atom is -0.481 e. The summed E-state index contributed by atoms with van der Waals surface area (Å²) in [6, 6.07) is 1.27. The molecule has 2 nitrogen and oxygen atoms in total. The maximum Gasteiger partial charge on any atom is 0.306 e. The van der Waals surface area contributed by atoms with Crippen molar-refractivity contribution in [1.82, 2.24) is 0 Å². The van der Waals surface area contributed by atoms with Gasteiger partial charge in [-0.15, -0.1) is 0 Å². The van der Waals surface area contributed by atoms with E-state index in [4.69, 9.17) is 16.7 Å². The molecule has 88 valence electrons. The number of hydrogen-bond acceptors (Lipinski definition) is 1. The zero-order valence-electron chi connectivity index (χ0n) is 9.47. The normalized spacial score (nSPS) is 12.6. The number of carboxylic acids is 1. The first-order valence-corrected chi connectivity index (χ1v) is 5.39. The molecule has 0 heterocycles. The second-order valence-corrected chi connectivity index (χ2v) is 4.42. The van der Waals surface area contributed by atoms with Gasteiger partial charge in [-0.05, 0) is 43.0 Å². The molecule has 1 unspecified atom stereocenters. The van der Waals surface area contributed by atoms with Gasteiger partial charge in [0.2, 0.25) is 0 Å². The number of carboxylic acid groups (broad SMARTS) is 1. The van der Waals surface area contributed by atoms with Gasteiger partial charge in [0, 0.05) is 5.02 Å². The largest absolute Gasteiger partial charge is 0.481 e. The van der Waals surface area contributed by atoms with E-state index in [-0.39, 0.29) is 5.82 Å². The van der Waals surface area contributed by atoms with Crippen LogP contribution in [-0.2, 0) is 11.2 Å². The Bertz CT molecular complexity index is 403. The predicted molar refractivity (Wildman–Crippen MR) is 61.4 cm³/mol. The highest BCUT2D eigenvalue weighted by Crippen LogP contribution is 2.27. The van der Waals surface area contributed by atoms with Crippen LogP contribution in [0.1, 0.15) is 23.6 Å². The topological polar surface area (TPSA) is 37.3 Å². The molecule has 1 rings (SSSR count). The fourth-order valence-electron chi connectivity index (χ4n) is 1.60. The molecule has 0 spiro atoms. The lowest BCUT2D eigenvalue weighted by molar-refractivity contribution is -0.141. The number of carbonyl (C=O) groups is 1. The first-order chi connectivity index (χ1) is 7.34. The summed E-state index contributed by atoms with van der Waals surface area (Å²) in [6.07, 6.45) is 0.296. The average molecular weight is 245 g/mol. The van der Waals surface area contributed by atoms with Crippen LogP contribution in [0.5, 0.6) is 0 Å². The molecule has 0 saturated heterocycles. The Hall–Kier alpha value is -1.09. The van der Waals surface area contributed by atoms with Gasteiger partial charge in [-0.1, -0.05) is 18.5 Å². The maximum atomic E-state index is 13.4. The Morgan fingerprint density at radius 3 is 2.56 bits per heavy atom. The van der Waals surface area contributed by atoms with Crippen LogP contribution in [0.2, 0.25) is 5.02 Å². The molecule has 4 heteroatoms. The number of hydrogen-bond donors (Lipinski definition) is 1. The highest BCUT2D eigenvalue weighted by Gasteiger charge is 2.17. The average Bonchev–Trinajstić information content (AvgIpc) is 2.21. The van der Waals surface area contributed by atoms with E-state index in [2.05, 4.69) is 0 Å². The van der Waals surface area contributed by atoms with Gasteiger partial charge in [-0.25, -0.2) is 4.39 Å². The molecule has 0 aliphatic carbocycles. The summed E-state index contributed by atoms with van der Waals surface area (Å²) in [7, 11) is 0. The van der Waals surface area contributed by atoms with Crippen molar-refractivity contribution in [3.05, 3.63) is 33.6 Å². The van der Waals surface area contributed by atoms with Crippen molar-refractivity contribution in [2.24, 2.45) is 5.92 Å². The predicted octanol–water partition coefficient (Wildman–Crippen LogP) is 3.36. The van der Waals surface area contributed by atoms with E-state index in [1.165, 1.54) is 6.07 Å².